The lowest BCUT2D eigenvalue weighted by molar-refractivity contribution is 0.0985. The molecule has 2 aromatic rings. The van der Waals surface area contributed by atoms with Gasteiger partial charge in [0.25, 0.3) is 5.91 Å². The SMILES string of the molecule is CC(C)CNS(=O)(=O)c1ccc2c(c1)CCCN2C(=O)c1ccc(Cl)cc1. The van der Waals surface area contributed by atoms with Crippen molar-refractivity contribution in [3.63, 3.8) is 0 Å². The summed E-state index contributed by atoms with van der Waals surface area (Å²) >= 11 is 5.90. The fourth-order valence-corrected chi connectivity index (χ4v) is 4.45. The van der Waals surface area contributed by atoms with Gasteiger partial charge in [0, 0.05) is 29.4 Å². The van der Waals surface area contributed by atoms with Crippen LogP contribution in [0.3, 0.4) is 0 Å². The van der Waals surface area contributed by atoms with Crippen LogP contribution in [0.5, 0.6) is 0 Å². The molecular weight excluding hydrogens is 384 g/mol. The monoisotopic (exact) mass is 406 g/mol. The summed E-state index contributed by atoms with van der Waals surface area (Å²) in [5, 5.41) is 0.578. The Bertz CT molecular complexity index is 940. The van der Waals surface area contributed by atoms with Crippen LogP contribution in [0.15, 0.2) is 47.4 Å². The number of hydrogen-bond acceptors (Lipinski definition) is 3. The Morgan fingerprint density at radius 1 is 1.19 bits per heavy atom. The van der Waals surface area contributed by atoms with E-state index in [0.717, 1.165) is 24.1 Å². The second kappa shape index (κ2) is 8.00. The van der Waals surface area contributed by atoms with Gasteiger partial charge in [-0.05, 0) is 66.8 Å². The molecule has 7 heteroatoms. The summed E-state index contributed by atoms with van der Waals surface area (Å²) in [5.74, 6) is 0.117. The molecule has 1 aliphatic heterocycles. The minimum absolute atomic E-state index is 0.110. The molecule has 1 N–H and O–H groups in total. The first-order valence-corrected chi connectivity index (χ1v) is 10.8. The summed E-state index contributed by atoms with van der Waals surface area (Å²) in [7, 11) is -3.55. The molecule has 1 amide bonds. The van der Waals surface area contributed by atoms with Crippen molar-refractivity contribution in [2.75, 3.05) is 18.0 Å². The van der Waals surface area contributed by atoms with Crippen molar-refractivity contribution in [2.45, 2.75) is 31.6 Å². The van der Waals surface area contributed by atoms with Crippen molar-refractivity contribution in [1.29, 1.82) is 0 Å². The zero-order chi connectivity index (χ0) is 19.6. The Labute approximate surface area is 165 Å². The first kappa shape index (κ1) is 19.9. The van der Waals surface area contributed by atoms with Gasteiger partial charge in [-0.25, -0.2) is 13.1 Å². The van der Waals surface area contributed by atoms with E-state index in [1.54, 1.807) is 47.4 Å². The molecule has 0 aromatic heterocycles. The molecule has 0 aliphatic carbocycles. The highest BCUT2D eigenvalue weighted by Crippen LogP contribution is 2.30. The largest absolute Gasteiger partial charge is 0.308 e. The van der Waals surface area contributed by atoms with E-state index < -0.39 is 10.0 Å². The predicted octanol–water partition coefficient (Wildman–Crippen LogP) is 3.87. The van der Waals surface area contributed by atoms with Gasteiger partial charge in [0.05, 0.1) is 4.90 Å². The standard InChI is InChI=1S/C20H23ClN2O3S/c1-14(2)13-22-27(25,26)18-9-10-19-16(12-18)4-3-11-23(19)20(24)15-5-7-17(21)8-6-15/h5-10,12,14,22H,3-4,11,13H2,1-2H3. The molecule has 0 saturated carbocycles. The zero-order valence-electron chi connectivity index (χ0n) is 15.4. The number of benzene rings is 2. The molecule has 1 heterocycles. The molecular formula is C20H23ClN2O3S. The number of nitrogens with one attached hydrogen (secondary N) is 1. The maximum absolute atomic E-state index is 12.9. The molecule has 0 atom stereocenters. The smallest absolute Gasteiger partial charge is 0.258 e. The summed E-state index contributed by atoms with van der Waals surface area (Å²) in [4.78, 5) is 14.8. The third-order valence-corrected chi connectivity index (χ3v) is 6.17. The number of aryl methyl sites for hydroxylation is 1. The van der Waals surface area contributed by atoms with Crippen molar-refractivity contribution in [3.05, 3.63) is 58.6 Å². The Morgan fingerprint density at radius 2 is 1.89 bits per heavy atom. The third kappa shape index (κ3) is 4.51. The maximum atomic E-state index is 12.9. The van der Waals surface area contributed by atoms with Crippen molar-refractivity contribution in [2.24, 2.45) is 5.92 Å². The van der Waals surface area contributed by atoms with Crippen LogP contribution < -0.4 is 9.62 Å². The summed E-state index contributed by atoms with van der Waals surface area (Å²) in [6.07, 6.45) is 1.53. The zero-order valence-corrected chi connectivity index (χ0v) is 17.0. The Balaban J connectivity index is 1.88. The molecule has 0 spiro atoms. The molecule has 1 aliphatic rings. The van der Waals surface area contributed by atoms with E-state index in [1.165, 1.54) is 0 Å². The van der Waals surface area contributed by atoms with Crippen LogP contribution in [-0.4, -0.2) is 27.4 Å². The second-order valence-electron chi connectivity index (χ2n) is 7.10. The van der Waals surface area contributed by atoms with E-state index in [2.05, 4.69) is 4.72 Å². The summed E-state index contributed by atoms with van der Waals surface area (Å²) < 4.78 is 27.6. The molecule has 0 bridgehead atoms. The number of rotatable bonds is 5. The van der Waals surface area contributed by atoms with Crippen molar-refractivity contribution in [3.8, 4) is 0 Å². The van der Waals surface area contributed by atoms with E-state index >= 15 is 0 Å². The Kier molecular flexibility index (Phi) is 5.89. The van der Waals surface area contributed by atoms with Gasteiger partial charge in [-0.15, -0.1) is 0 Å². The van der Waals surface area contributed by atoms with E-state index in [-0.39, 0.29) is 16.7 Å². The fourth-order valence-electron chi connectivity index (χ4n) is 3.06. The van der Waals surface area contributed by atoms with E-state index in [1.807, 2.05) is 13.8 Å². The lowest BCUT2D eigenvalue weighted by atomic mass is 10.0. The lowest BCUT2D eigenvalue weighted by Crippen LogP contribution is -2.35. The number of anilines is 1. The minimum Gasteiger partial charge on any atom is -0.308 e. The van der Waals surface area contributed by atoms with Gasteiger partial charge >= 0.3 is 0 Å². The van der Waals surface area contributed by atoms with E-state index in [4.69, 9.17) is 11.6 Å². The molecule has 0 fully saturated rings. The van der Waals surface area contributed by atoms with Crippen molar-refractivity contribution < 1.29 is 13.2 Å². The third-order valence-electron chi connectivity index (χ3n) is 4.50. The molecule has 144 valence electrons. The number of fused-ring (bicyclic) bond motifs is 1. The number of carbonyl (C=O) groups excluding carboxylic acids is 1. The van der Waals surface area contributed by atoms with Gasteiger partial charge in [0.1, 0.15) is 0 Å². The Morgan fingerprint density at radius 3 is 2.56 bits per heavy atom. The molecule has 5 nitrogen and oxygen atoms in total. The van der Waals surface area contributed by atoms with Crippen LogP contribution in [0.2, 0.25) is 5.02 Å². The van der Waals surface area contributed by atoms with Crippen LogP contribution in [0.4, 0.5) is 5.69 Å². The number of sulfonamides is 1. The highest BCUT2D eigenvalue weighted by Gasteiger charge is 2.25. The van der Waals surface area contributed by atoms with Gasteiger partial charge < -0.3 is 4.90 Å². The quantitative estimate of drug-likeness (QED) is 0.819. The normalized spacial score (nSPS) is 14.3. The van der Waals surface area contributed by atoms with Gasteiger partial charge in [-0.3, -0.25) is 4.79 Å². The van der Waals surface area contributed by atoms with E-state index in [0.29, 0.717) is 23.7 Å². The minimum atomic E-state index is -3.55. The molecule has 3 rings (SSSR count). The highest BCUT2D eigenvalue weighted by atomic mass is 35.5. The van der Waals surface area contributed by atoms with Crippen LogP contribution in [0, 0.1) is 5.92 Å². The summed E-state index contributed by atoms with van der Waals surface area (Å²) in [6.45, 7) is 4.90. The topological polar surface area (TPSA) is 66.5 Å². The molecule has 2 aromatic carbocycles. The first-order chi connectivity index (χ1) is 12.8. The van der Waals surface area contributed by atoms with Crippen molar-refractivity contribution in [1.82, 2.24) is 4.72 Å². The Hall–Kier alpha value is -1.89. The van der Waals surface area contributed by atoms with Gasteiger partial charge in [0.15, 0.2) is 0 Å². The second-order valence-corrected chi connectivity index (χ2v) is 9.31. The van der Waals surface area contributed by atoms with Crippen LogP contribution >= 0.6 is 11.6 Å². The first-order valence-electron chi connectivity index (χ1n) is 8.98. The lowest BCUT2D eigenvalue weighted by Gasteiger charge is -2.30. The molecule has 0 unspecified atom stereocenters. The molecule has 27 heavy (non-hydrogen) atoms. The maximum Gasteiger partial charge on any atom is 0.258 e. The number of nitrogens with zero attached hydrogens (tertiary/aromatic N) is 1. The summed E-state index contributed by atoms with van der Waals surface area (Å²) in [6, 6.07) is 11.8. The summed E-state index contributed by atoms with van der Waals surface area (Å²) in [5.41, 5.74) is 2.20. The molecule has 0 saturated heterocycles. The van der Waals surface area contributed by atoms with E-state index in [9.17, 15) is 13.2 Å². The predicted molar refractivity (Wildman–Crippen MR) is 108 cm³/mol. The van der Waals surface area contributed by atoms with Crippen LogP contribution in [-0.2, 0) is 16.4 Å². The average molecular weight is 407 g/mol. The van der Waals surface area contributed by atoms with Gasteiger partial charge in [-0.1, -0.05) is 25.4 Å². The highest BCUT2D eigenvalue weighted by molar-refractivity contribution is 7.89. The van der Waals surface area contributed by atoms with Crippen molar-refractivity contribution >= 4 is 33.2 Å². The van der Waals surface area contributed by atoms with Crippen LogP contribution in [0.1, 0.15) is 36.2 Å². The number of halogens is 1. The number of carbonyl (C=O) groups is 1. The molecule has 0 radical (unpaired) electrons. The fraction of sp³-hybridized carbons (Fsp3) is 0.350. The number of hydrogen-bond donors (Lipinski definition) is 1. The van der Waals surface area contributed by atoms with Gasteiger partial charge in [0.2, 0.25) is 10.0 Å². The average Bonchev–Trinajstić information content (AvgIpc) is 2.65. The van der Waals surface area contributed by atoms with Crippen LogP contribution in [0.25, 0.3) is 0 Å². The van der Waals surface area contributed by atoms with Gasteiger partial charge in [-0.2, -0.15) is 0 Å². The number of amides is 1.